The average Bonchev–Trinajstić information content (AvgIpc) is 2.85. The van der Waals surface area contributed by atoms with Gasteiger partial charge in [-0.1, -0.05) is 25.8 Å². The largest absolute Gasteiger partial charge is 0.369 e. The van der Waals surface area contributed by atoms with Crippen LogP contribution < -0.4 is 10.2 Å². The Bertz CT molecular complexity index is 1030. The Morgan fingerprint density at radius 2 is 1.81 bits per heavy atom. The zero-order valence-corrected chi connectivity index (χ0v) is 19.5. The highest BCUT2D eigenvalue weighted by Crippen LogP contribution is 2.38. The van der Waals surface area contributed by atoms with Gasteiger partial charge in [-0.2, -0.15) is 4.31 Å². The summed E-state index contributed by atoms with van der Waals surface area (Å²) in [6.07, 6.45) is 9.12. The summed E-state index contributed by atoms with van der Waals surface area (Å²) >= 11 is 0. The molecule has 1 aromatic heterocycles. The highest BCUT2D eigenvalue weighted by molar-refractivity contribution is 7.89. The lowest BCUT2D eigenvalue weighted by atomic mass is 9.94. The van der Waals surface area contributed by atoms with E-state index in [4.69, 9.17) is 0 Å². The van der Waals surface area contributed by atoms with Crippen molar-refractivity contribution >= 4 is 27.3 Å². The molecule has 0 unspecified atom stereocenters. The van der Waals surface area contributed by atoms with Crippen LogP contribution in [-0.2, 0) is 10.0 Å². The van der Waals surface area contributed by atoms with E-state index in [9.17, 15) is 13.2 Å². The van der Waals surface area contributed by atoms with Crippen molar-refractivity contribution in [2.45, 2.75) is 50.3 Å². The topological polar surface area (TPSA) is 82.6 Å². The standard InChI is InChI=1S/C24H32N4O3S/c1-2-19-11-16-27(17-12-19)23-21(26-24(29)20-8-7-13-25-18-20)9-6-10-22(23)32(30,31)28-14-4-3-5-15-28/h6-10,13,18-19H,2-5,11-12,14-17H2,1H3,(H,26,29). The molecule has 2 saturated heterocycles. The quantitative estimate of drug-likeness (QED) is 0.707. The Hall–Kier alpha value is -2.45. The molecule has 1 amide bonds. The summed E-state index contributed by atoms with van der Waals surface area (Å²) in [7, 11) is -3.66. The van der Waals surface area contributed by atoms with Crippen molar-refractivity contribution in [3.8, 4) is 0 Å². The maximum atomic E-state index is 13.7. The van der Waals surface area contributed by atoms with E-state index in [0.29, 0.717) is 40.8 Å². The van der Waals surface area contributed by atoms with Crippen LogP contribution in [0.5, 0.6) is 0 Å². The Morgan fingerprint density at radius 3 is 2.47 bits per heavy atom. The SMILES string of the molecule is CCC1CCN(c2c(NC(=O)c3cccnc3)cccc2S(=O)(=O)N2CCCCC2)CC1. The van der Waals surface area contributed by atoms with Gasteiger partial charge in [-0.25, -0.2) is 8.42 Å². The maximum Gasteiger partial charge on any atom is 0.257 e. The molecule has 1 N–H and O–H groups in total. The minimum Gasteiger partial charge on any atom is -0.369 e. The highest BCUT2D eigenvalue weighted by atomic mass is 32.2. The Labute approximate surface area is 190 Å². The van der Waals surface area contributed by atoms with Crippen LogP contribution in [-0.4, -0.2) is 49.8 Å². The van der Waals surface area contributed by atoms with Crippen molar-refractivity contribution in [3.05, 3.63) is 48.3 Å². The number of anilines is 2. The van der Waals surface area contributed by atoms with Gasteiger partial charge in [0.1, 0.15) is 4.90 Å². The number of hydrogen-bond donors (Lipinski definition) is 1. The van der Waals surface area contributed by atoms with Gasteiger partial charge >= 0.3 is 0 Å². The second-order valence-electron chi connectivity index (χ2n) is 8.65. The number of sulfonamides is 1. The zero-order chi connectivity index (χ0) is 22.6. The van der Waals surface area contributed by atoms with Crippen molar-refractivity contribution in [2.24, 2.45) is 5.92 Å². The molecule has 2 fully saturated rings. The second-order valence-corrected chi connectivity index (χ2v) is 10.6. The lowest BCUT2D eigenvalue weighted by Gasteiger charge is -2.36. The molecule has 2 aliphatic rings. The fourth-order valence-electron chi connectivity index (χ4n) is 4.66. The average molecular weight is 457 g/mol. The van der Waals surface area contributed by atoms with E-state index in [1.165, 1.54) is 6.20 Å². The number of nitrogens with one attached hydrogen (secondary N) is 1. The van der Waals surface area contributed by atoms with Gasteiger partial charge in [0.2, 0.25) is 10.0 Å². The molecule has 0 spiro atoms. The lowest BCUT2D eigenvalue weighted by Crippen LogP contribution is -2.39. The number of piperidine rings is 2. The first-order valence-corrected chi connectivity index (χ1v) is 13.0. The van der Waals surface area contributed by atoms with Crippen LogP contribution in [0.1, 0.15) is 55.8 Å². The number of pyridine rings is 1. The normalized spacial score (nSPS) is 18.5. The predicted molar refractivity (Wildman–Crippen MR) is 126 cm³/mol. The number of hydrogen-bond acceptors (Lipinski definition) is 5. The zero-order valence-electron chi connectivity index (χ0n) is 18.7. The smallest absolute Gasteiger partial charge is 0.257 e. The summed E-state index contributed by atoms with van der Waals surface area (Å²) in [6.45, 7) is 4.86. The summed E-state index contributed by atoms with van der Waals surface area (Å²) in [5.41, 5.74) is 1.59. The van der Waals surface area contributed by atoms with E-state index in [2.05, 4.69) is 22.1 Å². The first-order valence-electron chi connectivity index (χ1n) is 11.6. The van der Waals surface area contributed by atoms with Crippen LogP contribution in [0.4, 0.5) is 11.4 Å². The predicted octanol–water partition coefficient (Wildman–Crippen LogP) is 4.13. The van der Waals surface area contributed by atoms with E-state index in [1.807, 2.05) is 0 Å². The molecule has 8 heteroatoms. The molecule has 0 aliphatic carbocycles. The molecule has 2 aliphatic heterocycles. The van der Waals surface area contributed by atoms with Gasteiger partial charge in [-0.15, -0.1) is 0 Å². The van der Waals surface area contributed by atoms with Crippen molar-refractivity contribution < 1.29 is 13.2 Å². The third-order valence-electron chi connectivity index (χ3n) is 6.61. The van der Waals surface area contributed by atoms with Gasteiger partial charge in [0.15, 0.2) is 0 Å². The second kappa shape index (κ2) is 10.0. The van der Waals surface area contributed by atoms with Crippen molar-refractivity contribution in [1.82, 2.24) is 9.29 Å². The van der Waals surface area contributed by atoms with Gasteiger partial charge in [0.05, 0.1) is 16.9 Å². The van der Waals surface area contributed by atoms with Crippen LogP contribution >= 0.6 is 0 Å². The van der Waals surface area contributed by atoms with E-state index in [1.54, 1.807) is 40.8 Å². The third kappa shape index (κ3) is 4.81. The van der Waals surface area contributed by atoms with Crippen LogP contribution in [0.2, 0.25) is 0 Å². The molecule has 3 heterocycles. The Kier molecular flexibility index (Phi) is 7.10. The molecular formula is C24H32N4O3S. The molecule has 0 bridgehead atoms. The minimum absolute atomic E-state index is 0.290. The Balaban J connectivity index is 1.72. The van der Waals surface area contributed by atoms with Crippen LogP contribution in [0.3, 0.4) is 0 Å². The molecule has 7 nitrogen and oxygen atoms in total. The first kappa shape index (κ1) is 22.7. The van der Waals surface area contributed by atoms with Gasteiger partial charge in [-0.3, -0.25) is 9.78 Å². The van der Waals surface area contributed by atoms with E-state index in [0.717, 1.165) is 51.6 Å². The van der Waals surface area contributed by atoms with Crippen LogP contribution in [0, 0.1) is 5.92 Å². The Morgan fingerprint density at radius 1 is 1.06 bits per heavy atom. The summed E-state index contributed by atoms with van der Waals surface area (Å²) in [4.78, 5) is 19.3. The summed E-state index contributed by atoms with van der Waals surface area (Å²) in [5, 5.41) is 2.96. The maximum absolute atomic E-state index is 13.7. The number of aromatic nitrogens is 1. The molecule has 0 saturated carbocycles. The van der Waals surface area contributed by atoms with E-state index in [-0.39, 0.29) is 5.91 Å². The lowest BCUT2D eigenvalue weighted by molar-refractivity contribution is 0.102. The fraction of sp³-hybridized carbons (Fsp3) is 0.500. The number of nitrogens with zero attached hydrogens (tertiary/aromatic N) is 3. The number of rotatable bonds is 6. The minimum atomic E-state index is -3.66. The molecule has 32 heavy (non-hydrogen) atoms. The number of carbonyl (C=O) groups is 1. The molecule has 0 radical (unpaired) electrons. The van der Waals surface area contributed by atoms with Crippen molar-refractivity contribution in [2.75, 3.05) is 36.4 Å². The molecule has 4 rings (SSSR count). The van der Waals surface area contributed by atoms with Crippen molar-refractivity contribution in [1.29, 1.82) is 0 Å². The molecule has 172 valence electrons. The van der Waals surface area contributed by atoms with Gasteiger partial charge in [0.25, 0.3) is 5.91 Å². The van der Waals surface area contributed by atoms with Crippen molar-refractivity contribution in [3.63, 3.8) is 0 Å². The fourth-order valence-corrected chi connectivity index (χ4v) is 6.41. The number of para-hydroxylation sites is 1. The molecule has 0 atom stereocenters. The summed E-state index contributed by atoms with van der Waals surface area (Å²) in [6, 6.07) is 8.61. The number of benzene rings is 1. The van der Waals surface area contributed by atoms with E-state index >= 15 is 0 Å². The molecule has 1 aromatic carbocycles. The molecular weight excluding hydrogens is 424 g/mol. The number of carbonyl (C=O) groups excluding carboxylic acids is 1. The van der Waals surface area contributed by atoms with Gasteiger partial charge in [0, 0.05) is 38.6 Å². The summed E-state index contributed by atoms with van der Waals surface area (Å²) in [5.74, 6) is 0.362. The summed E-state index contributed by atoms with van der Waals surface area (Å²) < 4.78 is 28.9. The number of amides is 1. The van der Waals surface area contributed by atoms with Gasteiger partial charge < -0.3 is 10.2 Å². The van der Waals surface area contributed by atoms with Gasteiger partial charge in [-0.05, 0) is 55.9 Å². The third-order valence-corrected chi connectivity index (χ3v) is 8.54. The monoisotopic (exact) mass is 456 g/mol. The highest BCUT2D eigenvalue weighted by Gasteiger charge is 2.32. The van der Waals surface area contributed by atoms with E-state index < -0.39 is 10.0 Å². The molecule has 2 aromatic rings. The first-order chi connectivity index (χ1) is 15.5. The van der Waals surface area contributed by atoms with Crippen LogP contribution in [0.15, 0.2) is 47.6 Å². The van der Waals surface area contributed by atoms with Crippen LogP contribution in [0.25, 0.3) is 0 Å².